The molecule has 0 aliphatic heterocycles. The molecule has 0 saturated carbocycles. The van der Waals surface area contributed by atoms with Crippen LogP contribution < -0.4 is 5.32 Å². The van der Waals surface area contributed by atoms with Crippen LogP contribution in [-0.2, 0) is 4.74 Å². The maximum atomic E-state index is 11.3. The summed E-state index contributed by atoms with van der Waals surface area (Å²) in [5.41, 5.74) is 1.32. The summed E-state index contributed by atoms with van der Waals surface area (Å²) in [7, 11) is 1.31. The number of carbonyl (C=O) groups excluding carboxylic acids is 1. The average molecular weight is 336 g/mol. The van der Waals surface area contributed by atoms with Crippen LogP contribution in [-0.4, -0.2) is 23.3 Å². The van der Waals surface area contributed by atoms with Crippen molar-refractivity contribution < 1.29 is 9.53 Å². The fourth-order valence-corrected chi connectivity index (χ4v) is 1.94. The molecule has 5 nitrogen and oxygen atoms in total. The molecule has 0 aliphatic carbocycles. The highest BCUT2D eigenvalue weighted by Gasteiger charge is 2.09. The third-order valence-electron chi connectivity index (χ3n) is 2.79. The molecule has 0 amide bonds. The number of hydrogen-bond donors (Lipinski definition) is 1. The minimum atomic E-state index is -0.495. The Bertz CT molecular complexity index is 584. The van der Waals surface area contributed by atoms with E-state index in [1.807, 2.05) is 31.2 Å². The Morgan fingerprint density at radius 3 is 2.45 bits per heavy atom. The van der Waals surface area contributed by atoms with Crippen LogP contribution in [0.4, 0.5) is 5.82 Å². The van der Waals surface area contributed by atoms with Gasteiger partial charge in [-0.25, -0.2) is 4.79 Å². The number of nitrogens with one attached hydrogen (secondary N) is 1. The molecule has 0 spiro atoms. The number of hydrogen-bond acceptors (Lipinski definition) is 5. The van der Waals surface area contributed by atoms with Crippen molar-refractivity contribution in [3.8, 4) is 0 Å². The molecule has 0 bridgehead atoms. The fourth-order valence-electron chi connectivity index (χ4n) is 1.68. The van der Waals surface area contributed by atoms with E-state index < -0.39 is 5.97 Å². The summed E-state index contributed by atoms with van der Waals surface area (Å²) in [6.45, 7) is 2.03. The second-order valence-electron chi connectivity index (χ2n) is 4.21. The lowest BCUT2D eigenvalue weighted by atomic mass is 10.1. The van der Waals surface area contributed by atoms with Gasteiger partial charge in [0.15, 0.2) is 5.69 Å². The molecular weight excluding hydrogens is 322 g/mol. The molecule has 1 aromatic heterocycles. The van der Waals surface area contributed by atoms with Gasteiger partial charge in [-0.3, -0.25) is 0 Å². The summed E-state index contributed by atoms with van der Waals surface area (Å²) in [6, 6.07) is 11.4. The van der Waals surface area contributed by atoms with Gasteiger partial charge in [-0.2, -0.15) is 0 Å². The highest BCUT2D eigenvalue weighted by molar-refractivity contribution is 9.10. The number of esters is 1. The van der Waals surface area contributed by atoms with Crippen LogP contribution in [0.1, 0.15) is 29.0 Å². The van der Waals surface area contributed by atoms with Crippen LogP contribution in [0.15, 0.2) is 40.9 Å². The van der Waals surface area contributed by atoms with E-state index in [1.54, 1.807) is 12.1 Å². The van der Waals surface area contributed by atoms with Crippen molar-refractivity contribution in [1.29, 1.82) is 0 Å². The zero-order valence-electron chi connectivity index (χ0n) is 11.1. The monoisotopic (exact) mass is 335 g/mol. The second kappa shape index (κ2) is 6.47. The first kappa shape index (κ1) is 14.5. The van der Waals surface area contributed by atoms with Gasteiger partial charge in [0.1, 0.15) is 5.82 Å². The van der Waals surface area contributed by atoms with Gasteiger partial charge in [-0.1, -0.05) is 28.1 Å². The number of benzene rings is 1. The number of ether oxygens (including phenoxy) is 1. The van der Waals surface area contributed by atoms with E-state index in [4.69, 9.17) is 0 Å². The van der Waals surface area contributed by atoms with Gasteiger partial charge in [0.05, 0.1) is 7.11 Å². The Balaban J connectivity index is 2.06. The van der Waals surface area contributed by atoms with Gasteiger partial charge in [0.25, 0.3) is 0 Å². The Hall–Kier alpha value is -1.95. The Morgan fingerprint density at radius 1 is 1.20 bits per heavy atom. The molecule has 104 valence electrons. The lowest BCUT2D eigenvalue weighted by Gasteiger charge is -2.14. The van der Waals surface area contributed by atoms with Crippen molar-refractivity contribution in [3.63, 3.8) is 0 Å². The van der Waals surface area contributed by atoms with Gasteiger partial charge >= 0.3 is 5.97 Å². The molecule has 0 fully saturated rings. The van der Waals surface area contributed by atoms with Gasteiger partial charge in [-0.05, 0) is 36.8 Å². The number of aromatic nitrogens is 2. The number of methoxy groups -OCH3 is 1. The van der Waals surface area contributed by atoms with Gasteiger partial charge in [0, 0.05) is 10.5 Å². The van der Waals surface area contributed by atoms with Crippen molar-refractivity contribution in [2.24, 2.45) is 0 Å². The number of rotatable bonds is 4. The lowest BCUT2D eigenvalue weighted by molar-refractivity contribution is 0.0593. The quantitative estimate of drug-likeness (QED) is 0.869. The van der Waals surface area contributed by atoms with Crippen LogP contribution in [0.5, 0.6) is 0 Å². The van der Waals surface area contributed by atoms with E-state index in [-0.39, 0.29) is 11.7 Å². The highest BCUT2D eigenvalue weighted by Crippen LogP contribution is 2.19. The zero-order valence-corrected chi connectivity index (χ0v) is 12.7. The third-order valence-corrected chi connectivity index (χ3v) is 3.32. The van der Waals surface area contributed by atoms with Crippen molar-refractivity contribution in [3.05, 3.63) is 52.1 Å². The molecule has 1 heterocycles. The van der Waals surface area contributed by atoms with E-state index in [2.05, 4.69) is 36.2 Å². The second-order valence-corrected chi connectivity index (χ2v) is 5.13. The van der Waals surface area contributed by atoms with E-state index in [0.717, 1.165) is 10.0 Å². The number of nitrogens with zero attached hydrogens (tertiary/aromatic N) is 2. The van der Waals surface area contributed by atoms with E-state index in [1.165, 1.54) is 7.11 Å². The molecule has 1 atom stereocenters. The summed E-state index contributed by atoms with van der Waals surface area (Å²) >= 11 is 3.40. The minimum absolute atomic E-state index is 0.0846. The summed E-state index contributed by atoms with van der Waals surface area (Å²) < 4.78 is 5.61. The molecule has 0 radical (unpaired) electrons. The maximum Gasteiger partial charge on any atom is 0.358 e. The first-order valence-corrected chi connectivity index (χ1v) is 6.83. The summed E-state index contributed by atoms with van der Waals surface area (Å²) in [6.07, 6.45) is 0. The highest BCUT2D eigenvalue weighted by atomic mass is 79.9. The Kier molecular flexibility index (Phi) is 4.68. The molecule has 6 heteroatoms. The van der Waals surface area contributed by atoms with Crippen molar-refractivity contribution >= 4 is 27.7 Å². The van der Waals surface area contributed by atoms with Crippen LogP contribution in [0.3, 0.4) is 0 Å². The molecule has 20 heavy (non-hydrogen) atoms. The molecule has 1 N–H and O–H groups in total. The summed E-state index contributed by atoms with van der Waals surface area (Å²) in [4.78, 5) is 11.3. The minimum Gasteiger partial charge on any atom is -0.464 e. The standard InChI is InChI=1S/C14H14BrN3O2/c1-9(10-3-5-11(15)6-4-10)16-13-8-7-12(17-18-13)14(19)20-2/h3-9H,1-2H3,(H,16,18). The Morgan fingerprint density at radius 2 is 1.90 bits per heavy atom. The normalized spacial score (nSPS) is 11.8. The van der Waals surface area contributed by atoms with Crippen molar-refractivity contribution in [1.82, 2.24) is 10.2 Å². The average Bonchev–Trinajstić information content (AvgIpc) is 2.48. The number of anilines is 1. The predicted octanol–water partition coefficient (Wildman–Crippen LogP) is 3.20. The summed E-state index contributed by atoms with van der Waals surface area (Å²) in [5, 5.41) is 11.0. The molecule has 0 aliphatic rings. The topological polar surface area (TPSA) is 64.1 Å². The number of halogens is 1. The summed E-state index contributed by atoms with van der Waals surface area (Å²) in [5.74, 6) is 0.109. The molecule has 2 aromatic rings. The SMILES string of the molecule is COC(=O)c1ccc(NC(C)c2ccc(Br)cc2)nn1. The fraction of sp³-hybridized carbons (Fsp3) is 0.214. The van der Waals surface area contributed by atoms with Crippen molar-refractivity contribution in [2.75, 3.05) is 12.4 Å². The van der Waals surface area contributed by atoms with Crippen LogP contribution >= 0.6 is 15.9 Å². The predicted molar refractivity (Wildman–Crippen MR) is 79.6 cm³/mol. The van der Waals surface area contributed by atoms with E-state index in [9.17, 15) is 4.79 Å². The maximum absolute atomic E-state index is 11.3. The van der Waals surface area contributed by atoms with Crippen LogP contribution in [0, 0.1) is 0 Å². The molecular formula is C14H14BrN3O2. The third kappa shape index (κ3) is 3.54. The smallest absolute Gasteiger partial charge is 0.358 e. The lowest BCUT2D eigenvalue weighted by Crippen LogP contribution is -2.10. The van der Waals surface area contributed by atoms with Gasteiger partial charge < -0.3 is 10.1 Å². The van der Waals surface area contributed by atoms with E-state index >= 15 is 0 Å². The van der Waals surface area contributed by atoms with Crippen molar-refractivity contribution in [2.45, 2.75) is 13.0 Å². The van der Waals surface area contributed by atoms with Crippen LogP contribution in [0.25, 0.3) is 0 Å². The first-order chi connectivity index (χ1) is 9.60. The van der Waals surface area contributed by atoms with E-state index in [0.29, 0.717) is 5.82 Å². The molecule has 1 unspecified atom stereocenters. The largest absolute Gasteiger partial charge is 0.464 e. The zero-order chi connectivity index (χ0) is 14.5. The molecule has 1 aromatic carbocycles. The van der Waals surface area contributed by atoms with Gasteiger partial charge in [-0.15, -0.1) is 10.2 Å². The molecule has 2 rings (SSSR count). The van der Waals surface area contributed by atoms with Crippen LogP contribution in [0.2, 0.25) is 0 Å². The van der Waals surface area contributed by atoms with Gasteiger partial charge in [0.2, 0.25) is 0 Å². The molecule has 0 saturated heterocycles. The first-order valence-electron chi connectivity index (χ1n) is 6.04. The number of carbonyl (C=O) groups is 1. The Labute approximate surface area is 125 Å².